The molecule has 4 heteroatoms. The van der Waals surface area contributed by atoms with E-state index in [-0.39, 0.29) is 0 Å². The van der Waals surface area contributed by atoms with Crippen molar-refractivity contribution in [1.82, 2.24) is 0 Å². The van der Waals surface area contributed by atoms with Gasteiger partial charge in [-0.2, -0.15) is 0 Å². The van der Waals surface area contributed by atoms with Crippen molar-refractivity contribution in [1.29, 1.82) is 0 Å². The van der Waals surface area contributed by atoms with Crippen LogP contribution in [0.4, 0.5) is 8.78 Å². The van der Waals surface area contributed by atoms with Crippen LogP contribution in [-0.2, 0) is 0 Å². The monoisotopic (exact) mass is 353 g/mol. The molecule has 0 amide bonds. The van der Waals surface area contributed by atoms with Crippen molar-refractivity contribution in [2.24, 2.45) is 0 Å². The van der Waals surface area contributed by atoms with Gasteiger partial charge in [-0.05, 0) is 0 Å². The van der Waals surface area contributed by atoms with E-state index in [1.165, 1.54) is 20.4 Å². The first-order valence-electron chi connectivity index (χ1n) is 2.52. The molecule has 0 N–H and O–H groups in total. The van der Waals surface area contributed by atoms with Gasteiger partial charge in [-0.15, -0.1) is 0 Å². The molecule has 0 aliphatic heterocycles. The molecule has 1 rings (SSSR count). The maximum absolute atomic E-state index is 12.4. The third-order valence-corrected chi connectivity index (χ3v) is 4.17. The second-order valence-corrected chi connectivity index (χ2v) is 4.76. The Morgan fingerprint density at radius 1 is 1.10 bits per heavy atom. The molecule has 0 saturated carbocycles. The van der Waals surface area contributed by atoms with E-state index in [1.54, 1.807) is 0 Å². The van der Waals surface area contributed by atoms with Gasteiger partial charge in [0.1, 0.15) is 0 Å². The van der Waals surface area contributed by atoms with Crippen molar-refractivity contribution < 1.29 is 8.78 Å². The zero-order chi connectivity index (χ0) is 7.56. The summed E-state index contributed by atoms with van der Waals surface area (Å²) in [6, 6.07) is 3.54. The number of rotatable bonds is 1. The number of halogens is 2. The second kappa shape index (κ2) is 3.66. The van der Waals surface area contributed by atoms with Gasteiger partial charge in [-0.25, -0.2) is 0 Å². The van der Waals surface area contributed by atoms with Crippen molar-refractivity contribution in [2.45, 2.75) is 4.90 Å². The average molecular weight is 352 g/mol. The maximum atomic E-state index is 12.4. The van der Waals surface area contributed by atoms with E-state index < -0.39 is 11.6 Å². The minimum atomic E-state index is -0.502. The molecule has 1 aromatic carbocycles. The molecule has 0 spiro atoms. The van der Waals surface area contributed by atoms with Crippen LogP contribution in [0.15, 0.2) is 23.1 Å². The van der Waals surface area contributed by atoms with Crippen LogP contribution in [0.25, 0.3) is 0 Å². The van der Waals surface area contributed by atoms with Gasteiger partial charge in [0.2, 0.25) is 0 Å². The molecule has 0 nitrogen and oxygen atoms in total. The molecular weight excluding hydrogens is 349 g/mol. The van der Waals surface area contributed by atoms with Crippen molar-refractivity contribution in [2.75, 3.05) is 0 Å². The van der Waals surface area contributed by atoms with Gasteiger partial charge in [0, 0.05) is 0 Å². The Labute approximate surface area is 75.9 Å². The van der Waals surface area contributed by atoms with Crippen LogP contribution in [0, 0.1) is 11.6 Å². The summed E-state index contributed by atoms with van der Waals surface area (Å²) in [7, 11) is 1.46. The fourth-order valence-electron chi connectivity index (χ4n) is 0.587. The van der Waals surface area contributed by atoms with E-state index in [1.807, 2.05) is 0 Å². The van der Waals surface area contributed by atoms with Crippen molar-refractivity contribution in [3.8, 4) is 0 Å². The summed E-state index contributed by atoms with van der Waals surface area (Å²) in [5, 5.41) is 0. The van der Waals surface area contributed by atoms with Gasteiger partial charge in [-0.1, -0.05) is 0 Å². The summed E-state index contributed by atoms with van der Waals surface area (Å²) in [6.45, 7) is 0. The predicted octanol–water partition coefficient (Wildman–Crippen LogP) is 2.14. The summed E-state index contributed by atoms with van der Waals surface area (Å²) in [4.78, 5) is 0.671. The van der Waals surface area contributed by atoms with Crippen LogP contribution in [-0.4, -0.2) is 24.3 Å². The van der Waals surface area contributed by atoms with E-state index in [4.69, 9.17) is 0 Å². The van der Waals surface area contributed by atoms with Gasteiger partial charge in [-0.3, -0.25) is 0 Å². The van der Waals surface area contributed by atoms with E-state index in [9.17, 15) is 8.78 Å². The molecule has 0 aliphatic rings. The molecule has 0 saturated heterocycles. The van der Waals surface area contributed by atoms with Crippen molar-refractivity contribution in [3.63, 3.8) is 0 Å². The topological polar surface area (TPSA) is 0 Å². The summed E-state index contributed by atoms with van der Waals surface area (Å²) in [5.74, 6) is -1.00. The van der Waals surface area contributed by atoms with Crippen molar-refractivity contribution >= 4 is 32.6 Å². The normalized spacial score (nSPS) is 9.90. The molecule has 1 aromatic rings. The molecule has 3 radical (unpaired) electrons. The van der Waals surface area contributed by atoms with Gasteiger partial charge >= 0.3 is 76.1 Å². The summed E-state index contributed by atoms with van der Waals surface area (Å²) >= 11 is 0.856. The van der Waals surface area contributed by atoms with E-state index in [0.717, 1.165) is 30.3 Å². The number of benzene rings is 1. The Balaban J connectivity index is 3.06. The third kappa shape index (κ3) is 2.19. The molecule has 0 atom stereocenters. The second-order valence-electron chi connectivity index (χ2n) is 1.71. The van der Waals surface area contributed by atoms with E-state index >= 15 is 0 Å². The van der Waals surface area contributed by atoms with Gasteiger partial charge in [0.15, 0.2) is 0 Å². The fourth-order valence-corrected chi connectivity index (χ4v) is 2.30. The third-order valence-electron chi connectivity index (χ3n) is 0.954. The molecule has 0 heterocycles. The molecule has 0 aliphatic carbocycles. The molecule has 0 aromatic heterocycles. The summed E-state index contributed by atoms with van der Waals surface area (Å²) in [6.07, 6.45) is 0. The Kier molecular flexibility index (Phi) is 3.09. The van der Waals surface area contributed by atoms with Gasteiger partial charge in [0.05, 0.1) is 0 Å². The summed E-state index contributed by atoms with van der Waals surface area (Å²) in [5.41, 5.74) is 0. The Morgan fingerprint density at radius 2 is 1.60 bits per heavy atom. The summed E-state index contributed by atoms with van der Waals surface area (Å²) < 4.78 is 24.8. The molecular formula is C6H3F2PbS. The Bertz CT molecular complexity index is 219. The zero-order valence-electron chi connectivity index (χ0n) is 4.90. The zero-order valence-corrected chi connectivity index (χ0v) is 9.60. The van der Waals surface area contributed by atoms with Gasteiger partial charge in [0.25, 0.3) is 0 Å². The SMILES string of the molecule is Fc1cc(F)cc([S][Pb])c1. The Morgan fingerprint density at radius 3 is 2.00 bits per heavy atom. The van der Waals surface area contributed by atoms with E-state index in [2.05, 4.69) is 0 Å². The minimum absolute atomic E-state index is 0.502. The van der Waals surface area contributed by atoms with Crippen LogP contribution < -0.4 is 0 Å². The van der Waals surface area contributed by atoms with Crippen LogP contribution in [0.3, 0.4) is 0 Å². The molecule has 0 bridgehead atoms. The number of hydrogen-bond donors (Lipinski definition) is 0. The quantitative estimate of drug-likeness (QED) is 0.698. The predicted molar refractivity (Wildman–Crippen MR) is 38.0 cm³/mol. The fraction of sp³-hybridized carbons (Fsp3) is 0. The Hall–Kier alpha value is 0.352. The van der Waals surface area contributed by atoms with Crippen LogP contribution in [0.2, 0.25) is 0 Å². The molecule has 0 fully saturated rings. The molecule has 51 valence electrons. The molecule has 10 heavy (non-hydrogen) atoms. The van der Waals surface area contributed by atoms with Crippen LogP contribution in [0.1, 0.15) is 0 Å². The van der Waals surface area contributed by atoms with Crippen LogP contribution >= 0.6 is 8.31 Å². The average Bonchev–Trinajstić information content (AvgIpc) is 1.85. The van der Waals surface area contributed by atoms with Gasteiger partial charge < -0.3 is 0 Å². The first kappa shape index (κ1) is 8.45. The molecule has 0 unspecified atom stereocenters. The van der Waals surface area contributed by atoms with Crippen LogP contribution in [0.5, 0.6) is 0 Å². The first-order chi connectivity index (χ1) is 4.72. The van der Waals surface area contributed by atoms with E-state index in [0.29, 0.717) is 4.90 Å². The van der Waals surface area contributed by atoms with Crippen molar-refractivity contribution in [3.05, 3.63) is 29.8 Å². The number of hydrogen-bond acceptors (Lipinski definition) is 1. The standard InChI is InChI=1S/C6H4F2S.Pb/c7-4-1-5(8)3-6(9)2-4;/h1-3,9H;/q;+1/p-1. The first-order valence-corrected chi connectivity index (χ1v) is 8.10.